The van der Waals surface area contributed by atoms with Crippen molar-refractivity contribution in [3.8, 4) is 0 Å². The first-order valence-electron chi connectivity index (χ1n) is 4.87. The SMILES string of the molecule is CCC(CC)(CN)CC(C)OC. The van der Waals surface area contributed by atoms with Gasteiger partial charge < -0.3 is 10.5 Å². The molecule has 0 saturated heterocycles. The molecule has 1 unspecified atom stereocenters. The van der Waals surface area contributed by atoms with Crippen molar-refractivity contribution in [2.75, 3.05) is 13.7 Å². The van der Waals surface area contributed by atoms with E-state index in [0.717, 1.165) is 25.8 Å². The molecule has 0 spiro atoms. The van der Waals surface area contributed by atoms with E-state index in [0.29, 0.717) is 11.5 Å². The van der Waals surface area contributed by atoms with Crippen LogP contribution in [-0.4, -0.2) is 19.8 Å². The Kier molecular flexibility index (Phi) is 5.51. The first kappa shape index (κ1) is 11.9. The zero-order valence-corrected chi connectivity index (χ0v) is 8.89. The Morgan fingerprint density at radius 2 is 1.83 bits per heavy atom. The first-order chi connectivity index (χ1) is 5.64. The van der Waals surface area contributed by atoms with Crippen molar-refractivity contribution < 1.29 is 4.74 Å². The summed E-state index contributed by atoms with van der Waals surface area (Å²) in [4.78, 5) is 0. The maximum Gasteiger partial charge on any atom is 0.0549 e. The summed E-state index contributed by atoms with van der Waals surface area (Å²) in [5.41, 5.74) is 6.08. The Hall–Kier alpha value is -0.0800. The Morgan fingerprint density at radius 3 is 2.08 bits per heavy atom. The van der Waals surface area contributed by atoms with E-state index in [2.05, 4.69) is 20.8 Å². The van der Waals surface area contributed by atoms with Gasteiger partial charge in [-0.1, -0.05) is 13.8 Å². The van der Waals surface area contributed by atoms with Crippen LogP contribution >= 0.6 is 0 Å². The average Bonchev–Trinajstić information content (AvgIpc) is 2.14. The molecule has 0 amide bonds. The molecule has 0 fully saturated rings. The zero-order chi connectivity index (χ0) is 9.61. The second-order valence-electron chi connectivity index (χ2n) is 3.66. The third-order valence-electron chi connectivity index (χ3n) is 3.06. The van der Waals surface area contributed by atoms with Gasteiger partial charge in [0.25, 0.3) is 0 Å². The monoisotopic (exact) mass is 173 g/mol. The summed E-state index contributed by atoms with van der Waals surface area (Å²) in [5.74, 6) is 0. The van der Waals surface area contributed by atoms with E-state index in [1.54, 1.807) is 7.11 Å². The average molecular weight is 173 g/mol. The van der Waals surface area contributed by atoms with Crippen LogP contribution in [0.3, 0.4) is 0 Å². The lowest BCUT2D eigenvalue weighted by Gasteiger charge is -2.32. The summed E-state index contributed by atoms with van der Waals surface area (Å²) in [6.07, 6.45) is 3.70. The molecule has 0 saturated carbocycles. The molecule has 0 aliphatic carbocycles. The van der Waals surface area contributed by atoms with Gasteiger partial charge in [0.2, 0.25) is 0 Å². The molecule has 0 radical (unpaired) electrons. The molecule has 74 valence electrons. The minimum atomic E-state index is 0.301. The lowest BCUT2D eigenvalue weighted by atomic mass is 9.78. The van der Waals surface area contributed by atoms with Crippen molar-refractivity contribution in [3.63, 3.8) is 0 Å². The minimum Gasteiger partial charge on any atom is -0.382 e. The highest BCUT2D eigenvalue weighted by Crippen LogP contribution is 2.31. The molecule has 2 nitrogen and oxygen atoms in total. The van der Waals surface area contributed by atoms with E-state index in [1.165, 1.54) is 0 Å². The van der Waals surface area contributed by atoms with Crippen LogP contribution in [0.5, 0.6) is 0 Å². The molecule has 0 bridgehead atoms. The van der Waals surface area contributed by atoms with Crippen LogP contribution in [0.1, 0.15) is 40.0 Å². The van der Waals surface area contributed by atoms with Gasteiger partial charge >= 0.3 is 0 Å². The van der Waals surface area contributed by atoms with E-state index in [-0.39, 0.29) is 0 Å². The van der Waals surface area contributed by atoms with Crippen molar-refractivity contribution in [2.24, 2.45) is 11.1 Å². The molecule has 0 aromatic carbocycles. The van der Waals surface area contributed by atoms with Gasteiger partial charge in [-0.15, -0.1) is 0 Å². The zero-order valence-electron chi connectivity index (χ0n) is 8.89. The van der Waals surface area contributed by atoms with Crippen LogP contribution in [0.15, 0.2) is 0 Å². The van der Waals surface area contributed by atoms with E-state index in [9.17, 15) is 0 Å². The van der Waals surface area contributed by atoms with Crippen LogP contribution < -0.4 is 5.73 Å². The van der Waals surface area contributed by atoms with Gasteiger partial charge in [0, 0.05) is 7.11 Å². The number of hydrogen-bond donors (Lipinski definition) is 1. The maximum atomic E-state index is 5.78. The van der Waals surface area contributed by atoms with Crippen LogP contribution in [0.4, 0.5) is 0 Å². The third kappa shape index (κ3) is 3.11. The number of ether oxygens (including phenoxy) is 1. The molecule has 2 heteroatoms. The predicted molar refractivity (Wildman–Crippen MR) is 53.2 cm³/mol. The number of hydrogen-bond acceptors (Lipinski definition) is 2. The molecule has 1 atom stereocenters. The third-order valence-corrected chi connectivity index (χ3v) is 3.06. The standard InChI is InChI=1S/C10H23NO/c1-5-10(6-2,8-11)7-9(3)12-4/h9H,5-8,11H2,1-4H3. The predicted octanol–water partition coefficient (Wildman–Crippen LogP) is 2.18. The maximum absolute atomic E-state index is 5.78. The summed E-state index contributed by atoms with van der Waals surface area (Å²) < 4.78 is 5.26. The Labute approximate surface area is 76.5 Å². The van der Waals surface area contributed by atoms with E-state index >= 15 is 0 Å². The topological polar surface area (TPSA) is 35.2 Å². The van der Waals surface area contributed by atoms with Crippen LogP contribution in [0, 0.1) is 5.41 Å². The highest BCUT2D eigenvalue weighted by Gasteiger charge is 2.26. The molecule has 12 heavy (non-hydrogen) atoms. The van der Waals surface area contributed by atoms with Crippen molar-refractivity contribution >= 4 is 0 Å². The van der Waals surface area contributed by atoms with Gasteiger partial charge in [-0.25, -0.2) is 0 Å². The molecule has 2 N–H and O–H groups in total. The van der Waals surface area contributed by atoms with E-state index < -0.39 is 0 Å². The van der Waals surface area contributed by atoms with Gasteiger partial charge in [0.15, 0.2) is 0 Å². The van der Waals surface area contributed by atoms with Crippen molar-refractivity contribution in [1.29, 1.82) is 0 Å². The summed E-state index contributed by atoms with van der Waals surface area (Å²) in [5, 5.41) is 0. The molecular weight excluding hydrogens is 150 g/mol. The molecule has 0 aromatic rings. The fourth-order valence-electron chi connectivity index (χ4n) is 1.60. The number of methoxy groups -OCH3 is 1. The molecule has 0 aliphatic heterocycles. The highest BCUT2D eigenvalue weighted by atomic mass is 16.5. The Morgan fingerprint density at radius 1 is 1.33 bits per heavy atom. The fourth-order valence-corrected chi connectivity index (χ4v) is 1.60. The van der Waals surface area contributed by atoms with Crippen LogP contribution in [0.2, 0.25) is 0 Å². The van der Waals surface area contributed by atoms with Crippen LogP contribution in [0.25, 0.3) is 0 Å². The lowest BCUT2D eigenvalue weighted by molar-refractivity contribution is 0.0626. The molecule has 0 aromatic heterocycles. The second-order valence-corrected chi connectivity index (χ2v) is 3.66. The number of nitrogens with two attached hydrogens (primary N) is 1. The minimum absolute atomic E-state index is 0.301. The van der Waals surface area contributed by atoms with Gasteiger partial charge in [0.1, 0.15) is 0 Å². The highest BCUT2D eigenvalue weighted by molar-refractivity contribution is 4.79. The summed E-state index contributed by atoms with van der Waals surface area (Å²) in [6, 6.07) is 0. The smallest absolute Gasteiger partial charge is 0.0549 e. The van der Waals surface area contributed by atoms with Gasteiger partial charge in [-0.2, -0.15) is 0 Å². The second kappa shape index (κ2) is 5.55. The summed E-state index contributed by atoms with van der Waals surface area (Å²) in [7, 11) is 1.76. The lowest BCUT2D eigenvalue weighted by Crippen LogP contribution is -2.33. The molecule has 0 rings (SSSR count). The normalized spacial score (nSPS) is 14.8. The number of rotatable bonds is 6. The van der Waals surface area contributed by atoms with E-state index in [1.807, 2.05) is 0 Å². The molecule has 0 aliphatic rings. The summed E-state index contributed by atoms with van der Waals surface area (Å²) in [6.45, 7) is 7.29. The van der Waals surface area contributed by atoms with Crippen molar-refractivity contribution in [2.45, 2.75) is 46.1 Å². The quantitative estimate of drug-likeness (QED) is 0.668. The van der Waals surface area contributed by atoms with Crippen molar-refractivity contribution in [1.82, 2.24) is 0 Å². The largest absolute Gasteiger partial charge is 0.382 e. The first-order valence-corrected chi connectivity index (χ1v) is 4.87. The fraction of sp³-hybridized carbons (Fsp3) is 1.00. The Bertz CT molecular complexity index is 102. The van der Waals surface area contributed by atoms with Gasteiger partial charge in [0.05, 0.1) is 6.10 Å². The molecule has 0 heterocycles. The van der Waals surface area contributed by atoms with Gasteiger partial charge in [-0.05, 0) is 38.1 Å². The van der Waals surface area contributed by atoms with Crippen molar-refractivity contribution in [3.05, 3.63) is 0 Å². The van der Waals surface area contributed by atoms with Gasteiger partial charge in [-0.3, -0.25) is 0 Å². The molecular formula is C10H23NO. The van der Waals surface area contributed by atoms with E-state index in [4.69, 9.17) is 10.5 Å². The van der Waals surface area contributed by atoms with Crippen LogP contribution in [-0.2, 0) is 4.74 Å². The Balaban J connectivity index is 4.09. The summed E-state index contributed by atoms with van der Waals surface area (Å²) >= 11 is 0.